The molecule has 0 saturated heterocycles. The van der Waals surface area contributed by atoms with Crippen molar-refractivity contribution in [3.05, 3.63) is 72.3 Å². The molecule has 0 bridgehead atoms. The van der Waals surface area contributed by atoms with Crippen LogP contribution < -0.4 is 20.1 Å². The molecular weight excluding hydrogens is 543 g/mol. The van der Waals surface area contributed by atoms with Gasteiger partial charge in [0.2, 0.25) is 10.0 Å². The van der Waals surface area contributed by atoms with E-state index in [1.807, 2.05) is 30.3 Å². The normalized spacial score (nSPS) is 11.4. The first-order valence-corrected chi connectivity index (χ1v) is 11.3. The maximum absolute atomic E-state index is 12.4. The lowest BCUT2D eigenvalue weighted by Crippen LogP contribution is -2.36. The summed E-state index contributed by atoms with van der Waals surface area (Å²) in [4.78, 5) is 4.43. The average molecular weight is 574 g/mol. The van der Waals surface area contributed by atoms with Crippen LogP contribution in [0, 0.1) is 0 Å². The minimum atomic E-state index is -3.58. The van der Waals surface area contributed by atoms with Gasteiger partial charge in [-0.1, -0.05) is 43.0 Å². The van der Waals surface area contributed by atoms with Gasteiger partial charge >= 0.3 is 0 Å². The van der Waals surface area contributed by atoms with Crippen molar-refractivity contribution in [2.24, 2.45) is 4.99 Å². The molecular formula is C22H31IN4O4S. The maximum Gasteiger partial charge on any atom is 0.240 e. The molecule has 176 valence electrons. The smallest absolute Gasteiger partial charge is 0.240 e. The molecule has 0 aliphatic carbocycles. The summed E-state index contributed by atoms with van der Waals surface area (Å²) in [6.45, 7) is 5.56. The van der Waals surface area contributed by atoms with Crippen LogP contribution in [0.15, 0.2) is 71.1 Å². The van der Waals surface area contributed by atoms with Crippen LogP contribution in [0.25, 0.3) is 0 Å². The fourth-order valence-electron chi connectivity index (χ4n) is 2.71. The molecule has 0 amide bonds. The molecule has 0 fully saturated rings. The van der Waals surface area contributed by atoms with E-state index in [0.717, 1.165) is 16.9 Å². The van der Waals surface area contributed by atoms with Gasteiger partial charge in [-0.2, -0.15) is 0 Å². The molecule has 2 rings (SSSR count). The highest BCUT2D eigenvalue weighted by Crippen LogP contribution is 2.17. The molecule has 2 aromatic carbocycles. The quantitative estimate of drug-likeness (QED) is 0.119. The Labute approximate surface area is 207 Å². The SMILES string of the molecule is C=CCOc1ccccc1CNC(=NC)NCc1cccc(S(=O)(=O)NCCOC)c1.I. The number of rotatable bonds is 12. The number of aliphatic imine (C=N–C) groups is 1. The van der Waals surface area contributed by atoms with Crippen LogP contribution in [0.1, 0.15) is 11.1 Å². The number of ether oxygens (including phenoxy) is 2. The first kappa shape index (κ1) is 27.9. The lowest BCUT2D eigenvalue weighted by atomic mass is 10.2. The molecule has 0 spiro atoms. The molecule has 0 heterocycles. The summed E-state index contributed by atoms with van der Waals surface area (Å²) in [5.41, 5.74) is 1.80. The monoisotopic (exact) mass is 574 g/mol. The van der Waals surface area contributed by atoms with Crippen LogP contribution in [0.3, 0.4) is 0 Å². The second-order valence-corrected chi connectivity index (χ2v) is 8.29. The van der Waals surface area contributed by atoms with Crippen molar-refractivity contribution in [3.8, 4) is 5.75 Å². The van der Waals surface area contributed by atoms with Crippen molar-refractivity contribution in [2.45, 2.75) is 18.0 Å². The third-order valence-corrected chi connectivity index (χ3v) is 5.72. The predicted molar refractivity (Wildman–Crippen MR) is 138 cm³/mol. The van der Waals surface area contributed by atoms with Crippen LogP contribution in [-0.4, -0.2) is 48.3 Å². The van der Waals surface area contributed by atoms with E-state index in [-0.39, 0.29) is 35.4 Å². The summed E-state index contributed by atoms with van der Waals surface area (Å²) in [5.74, 6) is 1.37. The van der Waals surface area contributed by atoms with E-state index in [1.54, 1.807) is 31.3 Å². The van der Waals surface area contributed by atoms with E-state index in [9.17, 15) is 8.42 Å². The van der Waals surface area contributed by atoms with Crippen molar-refractivity contribution in [1.29, 1.82) is 0 Å². The highest BCUT2D eigenvalue weighted by molar-refractivity contribution is 14.0. The summed E-state index contributed by atoms with van der Waals surface area (Å²) in [6.07, 6.45) is 1.70. The van der Waals surface area contributed by atoms with Crippen LogP contribution in [0.5, 0.6) is 5.75 Å². The third-order valence-electron chi connectivity index (χ3n) is 4.27. The number of nitrogens with zero attached hydrogens (tertiary/aromatic N) is 1. The Bertz CT molecular complexity index is 983. The third kappa shape index (κ3) is 9.15. The number of benzene rings is 2. The lowest BCUT2D eigenvalue weighted by molar-refractivity contribution is 0.204. The zero-order chi connectivity index (χ0) is 22.5. The predicted octanol–water partition coefficient (Wildman–Crippen LogP) is 2.66. The molecule has 32 heavy (non-hydrogen) atoms. The Morgan fingerprint density at radius 1 is 1.12 bits per heavy atom. The van der Waals surface area contributed by atoms with Gasteiger partial charge < -0.3 is 20.1 Å². The van der Waals surface area contributed by atoms with E-state index < -0.39 is 10.0 Å². The van der Waals surface area contributed by atoms with Gasteiger partial charge in [-0.3, -0.25) is 4.99 Å². The number of hydrogen-bond acceptors (Lipinski definition) is 5. The average Bonchev–Trinajstić information content (AvgIpc) is 2.78. The summed E-state index contributed by atoms with van der Waals surface area (Å²) in [5, 5.41) is 6.44. The lowest BCUT2D eigenvalue weighted by Gasteiger charge is -2.15. The number of methoxy groups -OCH3 is 1. The molecule has 0 aliphatic heterocycles. The van der Waals surface area contributed by atoms with E-state index in [0.29, 0.717) is 32.3 Å². The van der Waals surface area contributed by atoms with Gasteiger partial charge in [0.1, 0.15) is 12.4 Å². The van der Waals surface area contributed by atoms with Gasteiger partial charge in [0.25, 0.3) is 0 Å². The highest BCUT2D eigenvalue weighted by Gasteiger charge is 2.13. The van der Waals surface area contributed by atoms with Gasteiger partial charge in [0.05, 0.1) is 11.5 Å². The zero-order valence-electron chi connectivity index (χ0n) is 18.3. The van der Waals surface area contributed by atoms with Crippen molar-refractivity contribution in [2.75, 3.05) is 33.9 Å². The fourth-order valence-corrected chi connectivity index (χ4v) is 3.79. The first-order valence-electron chi connectivity index (χ1n) is 9.84. The van der Waals surface area contributed by atoms with Gasteiger partial charge in [-0.05, 0) is 23.8 Å². The van der Waals surface area contributed by atoms with E-state index in [1.165, 1.54) is 7.11 Å². The van der Waals surface area contributed by atoms with Gasteiger partial charge in [0.15, 0.2) is 5.96 Å². The van der Waals surface area contributed by atoms with E-state index in [2.05, 4.69) is 26.9 Å². The molecule has 0 aromatic heterocycles. The maximum atomic E-state index is 12.4. The molecule has 0 atom stereocenters. The standard InChI is InChI=1S/C22H30N4O4S.HI/c1-4-13-30-21-11-6-5-9-19(21)17-25-22(23-2)24-16-18-8-7-10-20(15-18)31(27,28)26-12-14-29-3;/h4-11,15,26H,1,12-14,16-17H2,2-3H3,(H2,23,24,25);1H. The number of para-hydroxylation sites is 1. The van der Waals surface area contributed by atoms with Gasteiger partial charge in [0, 0.05) is 39.4 Å². The second-order valence-electron chi connectivity index (χ2n) is 6.52. The number of halogens is 1. The zero-order valence-corrected chi connectivity index (χ0v) is 21.5. The number of sulfonamides is 1. The fraction of sp³-hybridized carbons (Fsp3) is 0.318. The summed E-state index contributed by atoms with van der Waals surface area (Å²) < 4.78 is 37.8. The molecule has 0 unspecified atom stereocenters. The first-order chi connectivity index (χ1) is 15.0. The highest BCUT2D eigenvalue weighted by atomic mass is 127. The van der Waals surface area contributed by atoms with Crippen molar-refractivity contribution in [3.63, 3.8) is 0 Å². The Kier molecular flexibility index (Phi) is 12.9. The van der Waals surface area contributed by atoms with Crippen LogP contribution >= 0.6 is 24.0 Å². The largest absolute Gasteiger partial charge is 0.489 e. The van der Waals surface area contributed by atoms with Crippen molar-refractivity contribution in [1.82, 2.24) is 15.4 Å². The second kappa shape index (κ2) is 14.8. The number of hydrogen-bond donors (Lipinski definition) is 3. The Morgan fingerprint density at radius 3 is 2.59 bits per heavy atom. The summed E-state index contributed by atoms with van der Waals surface area (Å²) >= 11 is 0. The van der Waals surface area contributed by atoms with Crippen LogP contribution in [-0.2, 0) is 27.8 Å². The molecule has 10 heteroatoms. The van der Waals surface area contributed by atoms with E-state index >= 15 is 0 Å². The van der Waals surface area contributed by atoms with Gasteiger partial charge in [-0.15, -0.1) is 24.0 Å². The number of nitrogens with one attached hydrogen (secondary N) is 3. The Hall–Kier alpha value is -2.15. The minimum absolute atomic E-state index is 0. The molecule has 0 radical (unpaired) electrons. The minimum Gasteiger partial charge on any atom is -0.489 e. The van der Waals surface area contributed by atoms with Crippen molar-refractivity contribution < 1.29 is 17.9 Å². The van der Waals surface area contributed by atoms with Crippen LogP contribution in [0.4, 0.5) is 0 Å². The molecule has 3 N–H and O–H groups in total. The topological polar surface area (TPSA) is 101 Å². The summed E-state index contributed by atoms with van der Waals surface area (Å²) in [7, 11) is -0.384. The molecule has 8 nitrogen and oxygen atoms in total. The van der Waals surface area contributed by atoms with Gasteiger partial charge in [-0.25, -0.2) is 13.1 Å². The number of guanidine groups is 1. The Balaban J connectivity index is 0.00000512. The molecule has 0 aliphatic rings. The Morgan fingerprint density at radius 2 is 1.88 bits per heavy atom. The van der Waals surface area contributed by atoms with Crippen molar-refractivity contribution >= 4 is 40.0 Å². The summed E-state index contributed by atoms with van der Waals surface area (Å²) in [6, 6.07) is 14.5. The molecule has 0 saturated carbocycles. The van der Waals surface area contributed by atoms with E-state index in [4.69, 9.17) is 9.47 Å². The molecule has 2 aromatic rings. The van der Waals surface area contributed by atoms with Crippen LogP contribution in [0.2, 0.25) is 0 Å².